The number of amides is 1. The van der Waals surface area contributed by atoms with Crippen molar-refractivity contribution < 1.29 is 13.2 Å². The van der Waals surface area contributed by atoms with E-state index in [1.165, 1.54) is 18.2 Å². The third-order valence-corrected chi connectivity index (χ3v) is 7.08. The number of sulfone groups is 1. The van der Waals surface area contributed by atoms with E-state index in [-0.39, 0.29) is 28.1 Å². The molecule has 1 heterocycles. The average molecular weight is 471 g/mol. The van der Waals surface area contributed by atoms with Crippen LogP contribution in [0.25, 0.3) is 0 Å². The lowest BCUT2D eigenvalue weighted by atomic mass is 10.3. The summed E-state index contributed by atoms with van der Waals surface area (Å²) >= 11 is 13.0. The van der Waals surface area contributed by atoms with E-state index < -0.39 is 9.84 Å². The number of benzene rings is 2. The predicted octanol–water partition coefficient (Wildman–Crippen LogP) is 3.83. The molecule has 2 aromatic carbocycles. The monoisotopic (exact) mass is 470 g/mol. The Morgan fingerprint density at radius 3 is 2.55 bits per heavy atom. The van der Waals surface area contributed by atoms with Gasteiger partial charge in [0.05, 0.1) is 21.4 Å². The molecule has 0 aliphatic rings. The standard InChI is InChI=1S/C18H16Cl2N4O3S2/c1-24-16(11-29(26,27)13-5-3-2-4-6-13)22-23-18(24)28-10-17(25)21-15-8-7-12(19)9-14(15)20/h2-9H,10-11H2,1H3,(H,21,25). The molecule has 0 radical (unpaired) electrons. The van der Waals surface area contributed by atoms with Crippen LogP contribution in [0.4, 0.5) is 5.69 Å². The maximum atomic E-state index is 12.5. The summed E-state index contributed by atoms with van der Waals surface area (Å²) in [6.07, 6.45) is 0. The number of anilines is 1. The number of nitrogens with zero attached hydrogens (tertiary/aromatic N) is 3. The van der Waals surface area contributed by atoms with Gasteiger partial charge < -0.3 is 9.88 Å². The minimum Gasteiger partial charge on any atom is -0.324 e. The SMILES string of the molecule is Cn1c(CS(=O)(=O)c2ccccc2)nnc1SCC(=O)Nc1ccc(Cl)cc1Cl. The summed E-state index contributed by atoms with van der Waals surface area (Å²) in [4.78, 5) is 12.4. The second-order valence-corrected chi connectivity index (χ2v) is 9.77. The van der Waals surface area contributed by atoms with Crippen molar-refractivity contribution in [2.24, 2.45) is 7.05 Å². The summed E-state index contributed by atoms with van der Waals surface area (Å²) in [6, 6.07) is 12.9. The van der Waals surface area contributed by atoms with Gasteiger partial charge >= 0.3 is 0 Å². The number of thioether (sulfide) groups is 1. The summed E-state index contributed by atoms with van der Waals surface area (Å²) in [6.45, 7) is 0. The second-order valence-electron chi connectivity index (χ2n) is 5.99. The molecular formula is C18H16Cl2N4O3S2. The number of nitrogens with one attached hydrogen (secondary N) is 1. The number of hydrogen-bond donors (Lipinski definition) is 1. The molecule has 1 N–H and O–H groups in total. The fourth-order valence-corrected chi connectivity index (χ4v) is 4.90. The van der Waals surface area contributed by atoms with E-state index in [9.17, 15) is 13.2 Å². The van der Waals surface area contributed by atoms with Gasteiger partial charge in [-0.2, -0.15) is 0 Å². The van der Waals surface area contributed by atoms with Crippen molar-refractivity contribution in [1.29, 1.82) is 0 Å². The lowest BCUT2D eigenvalue weighted by Gasteiger charge is -2.08. The van der Waals surface area contributed by atoms with Crippen LogP contribution >= 0.6 is 35.0 Å². The largest absolute Gasteiger partial charge is 0.324 e. The van der Waals surface area contributed by atoms with Crippen LogP contribution in [-0.2, 0) is 27.4 Å². The molecule has 1 amide bonds. The van der Waals surface area contributed by atoms with E-state index in [1.54, 1.807) is 41.9 Å². The highest BCUT2D eigenvalue weighted by Gasteiger charge is 2.20. The summed E-state index contributed by atoms with van der Waals surface area (Å²) < 4.78 is 26.6. The molecule has 1 aromatic heterocycles. The Bertz CT molecular complexity index is 1140. The highest BCUT2D eigenvalue weighted by atomic mass is 35.5. The van der Waals surface area contributed by atoms with E-state index in [4.69, 9.17) is 23.2 Å². The van der Waals surface area contributed by atoms with Crippen LogP contribution in [-0.4, -0.2) is 34.8 Å². The quantitative estimate of drug-likeness (QED) is 0.527. The third kappa shape index (κ3) is 5.51. The Hall–Kier alpha value is -2.07. The number of halogens is 2. The predicted molar refractivity (Wildman–Crippen MR) is 114 cm³/mol. The molecule has 11 heteroatoms. The molecule has 3 aromatic rings. The lowest BCUT2D eigenvalue weighted by Crippen LogP contribution is -2.15. The summed E-state index contributed by atoms with van der Waals surface area (Å²) in [7, 11) is -1.88. The molecule has 0 spiro atoms. The van der Waals surface area contributed by atoms with Gasteiger partial charge in [-0.05, 0) is 30.3 Å². The fraction of sp³-hybridized carbons (Fsp3) is 0.167. The molecule has 29 heavy (non-hydrogen) atoms. The van der Waals surface area contributed by atoms with Gasteiger partial charge in [0.2, 0.25) is 5.91 Å². The van der Waals surface area contributed by atoms with E-state index >= 15 is 0 Å². The summed E-state index contributed by atoms with van der Waals surface area (Å²) in [5, 5.41) is 11.9. The minimum absolute atomic E-state index is 0.0519. The highest BCUT2D eigenvalue weighted by molar-refractivity contribution is 7.99. The number of carbonyl (C=O) groups is 1. The van der Waals surface area contributed by atoms with Crippen molar-refractivity contribution in [1.82, 2.24) is 14.8 Å². The van der Waals surface area contributed by atoms with Gasteiger partial charge in [0.1, 0.15) is 11.6 Å². The van der Waals surface area contributed by atoms with Gasteiger partial charge in [-0.1, -0.05) is 53.2 Å². The Morgan fingerprint density at radius 2 is 1.86 bits per heavy atom. The van der Waals surface area contributed by atoms with Gasteiger partial charge in [-0.25, -0.2) is 8.42 Å². The Kier molecular flexibility index (Phi) is 6.84. The molecule has 0 bridgehead atoms. The van der Waals surface area contributed by atoms with Crippen LogP contribution < -0.4 is 5.32 Å². The van der Waals surface area contributed by atoms with E-state index in [1.807, 2.05) is 0 Å². The van der Waals surface area contributed by atoms with Gasteiger partial charge in [-0.3, -0.25) is 4.79 Å². The number of rotatable bonds is 7. The van der Waals surface area contributed by atoms with Crippen LogP contribution in [0.5, 0.6) is 0 Å². The Morgan fingerprint density at radius 1 is 1.14 bits per heavy atom. The molecule has 0 aliphatic carbocycles. The summed E-state index contributed by atoms with van der Waals surface area (Å²) in [5.74, 6) is -0.234. The maximum Gasteiger partial charge on any atom is 0.234 e. The molecule has 0 aliphatic heterocycles. The molecule has 0 atom stereocenters. The molecule has 3 rings (SSSR count). The van der Waals surface area contributed by atoms with Crippen molar-refractivity contribution in [3.05, 3.63) is 64.4 Å². The molecule has 0 unspecified atom stereocenters. The van der Waals surface area contributed by atoms with Crippen LogP contribution in [0.3, 0.4) is 0 Å². The zero-order chi connectivity index (χ0) is 21.0. The first-order chi connectivity index (χ1) is 13.8. The molecule has 0 fully saturated rings. The fourth-order valence-electron chi connectivity index (χ4n) is 2.38. The maximum absolute atomic E-state index is 12.5. The molecule has 152 valence electrons. The zero-order valence-corrected chi connectivity index (χ0v) is 18.3. The normalized spacial score (nSPS) is 11.4. The van der Waals surface area contributed by atoms with Crippen LogP contribution in [0, 0.1) is 0 Å². The van der Waals surface area contributed by atoms with Crippen molar-refractivity contribution in [3.8, 4) is 0 Å². The molecule has 0 saturated carbocycles. The van der Waals surface area contributed by atoms with Gasteiger partial charge in [0.25, 0.3) is 0 Å². The first-order valence-corrected chi connectivity index (χ1v) is 11.7. The number of carbonyl (C=O) groups excluding carboxylic acids is 1. The van der Waals surface area contributed by atoms with E-state index in [2.05, 4.69) is 15.5 Å². The van der Waals surface area contributed by atoms with Crippen molar-refractivity contribution in [3.63, 3.8) is 0 Å². The first kappa shape index (κ1) is 21.6. The topological polar surface area (TPSA) is 93.9 Å². The van der Waals surface area contributed by atoms with E-state index in [0.717, 1.165) is 11.8 Å². The molecular weight excluding hydrogens is 455 g/mol. The number of aromatic nitrogens is 3. The minimum atomic E-state index is -3.54. The van der Waals surface area contributed by atoms with Crippen LogP contribution in [0.15, 0.2) is 58.6 Å². The highest BCUT2D eigenvalue weighted by Crippen LogP contribution is 2.26. The van der Waals surface area contributed by atoms with Gasteiger partial charge in [0.15, 0.2) is 15.0 Å². The Labute approximate surface area is 182 Å². The first-order valence-electron chi connectivity index (χ1n) is 8.30. The van der Waals surface area contributed by atoms with Gasteiger partial charge in [-0.15, -0.1) is 10.2 Å². The van der Waals surface area contributed by atoms with Crippen LogP contribution in [0.1, 0.15) is 5.82 Å². The van der Waals surface area contributed by atoms with Crippen molar-refractivity contribution in [2.45, 2.75) is 15.8 Å². The second kappa shape index (κ2) is 9.17. The lowest BCUT2D eigenvalue weighted by molar-refractivity contribution is -0.113. The summed E-state index contributed by atoms with van der Waals surface area (Å²) in [5.41, 5.74) is 0.453. The van der Waals surface area contributed by atoms with E-state index in [0.29, 0.717) is 20.9 Å². The number of hydrogen-bond acceptors (Lipinski definition) is 6. The molecule has 7 nitrogen and oxygen atoms in total. The van der Waals surface area contributed by atoms with Crippen LogP contribution in [0.2, 0.25) is 10.0 Å². The Balaban J connectivity index is 1.63. The average Bonchev–Trinajstić information content (AvgIpc) is 3.02. The smallest absolute Gasteiger partial charge is 0.234 e. The molecule has 0 saturated heterocycles. The zero-order valence-electron chi connectivity index (χ0n) is 15.2. The third-order valence-electron chi connectivity index (χ3n) is 3.88. The van der Waals surface area contributed by atoms with Crippen molar-refractivity contribution >= 4 is 56.4 Å². The van der Waals surface area contributed by atoms with Crippen molar-refractivity contribution in [2.75, 3.05) is 11.1 Å². The van der Waals surface area contributed by atoms with Gasteiger partial charge in [0, 0.05) is 12.1 Å².